The zero-order chi connectivity index (χ0) is 51.9. The van der Waals surface area contributed by atoms with E-state index in [0.717, 1.165) is 78.6 Å². The summed E-state index contributed by atoms with van der Waals surface area (Å²) in [5.74, 6) is -0.114. The van der Waals surface area contributed by atoms with Gasteiger partial charge in [0.05, 0.1) is 30.7 Å². The van der Waals surface area contributed by atoms with E-state index in [1.807, 2.05) is 57.1 Å². The molecule has 0 aliphatic carbocycles. The van der Waals surface area contributed by atoms with Crippen LogP contribution in [-0.2, 0) is 16.2 Å². The van der Waals surface area contributed by atoms with Gasteiger partial charge in [-0.25, -0.2) is 13.8 Å². The van der Waals surface area contributed by atoms with E-state index in [1.54, 1.807) is 74.6 Å². The molecule has 0 bridgehead atoms. The lowest BCUT2D eigenvalue weighted by molar-refractivity contribution is -0.110. The molecule has 382 valence electrons. The molecule has 3 aliphatic rings. The molecule has 1 saturated heterocycles. The highest BCUT2D eigenvalue weighted by Crippen LogP contribution is 2.33. The fraction of sp³-hybridized carbons (Fsp3) is 0.411. The van der Waals surface area contributed by atoms with Crippen LogP contribution in [0.25, 0.3) is 5.57 Å². The van der Waals surface area contributed by atoms with E-state index in [2.05, 4.69) is 75.5 Å². The number of rotatable bonds is 22. The Morgan fingerprint density at radius 2 is 1.79 bits per heavy atom. The van der Waals surface area contributed by atoms with Crippen molar-refractivity contribution in [3.63, 3.8) is 0 Å². The molecule has 71 heavy (non-hydrogen) atoms. The number of nitrogens with zero attached hydrogens (tertiary/aromatic N) is 8. The summed E-state index contributed by atoms with van der Waals surface area (Å²) in [6.45, 7) is 22.1. The lowest BCUT2D eigenvalue weighted by Gasteiger charge is -2.39. The first kappa shape index (κ1) is 55.4. The molecule has 3 heterocycles. The fourth-order valence-corrected chi connectivity index (χ4v) is 9.19. The molecule has 0 spiro atoms. The second-order valence-electron chi connectivity index (χ2n) is 18.4. The number of hydrogen-bond acceptors (Lipinski definition) is 12. The van der Waals surface area contributed by atoms with E-state index in [0.29, 0.717) is 60.6 Å². The van der Waals surface area contributed by atoms with E-state index < -0.39 is 11.6 Å². The molecule has 0 aromatic heterocycles. The molecule has 2 aromatic rings. The van der Waals surface area contributed by atoms with E-state index in [9.17, 15) is 9.59 Å². The summed E-state index contributed by atoms with van der Waals surface area (Å²) in [5, 5.41) is 8.05. The minimum Gasteiger partial charge on any atom is -0.386 e. The number of halogens is 2. The highest BCUT2D eigenvalue weighted by molar-refractivity contribution is 5.96. The summed E-state index contributed by atoms with van der Waals surface area (Å²) >= 11 is 0. The van der Waals surface area contributed by atoms with Crippen LogP contribution in [0.1, 0.15) is 60.7 Å². The Bertz CT molecular complexity index is 2490. The lowest BCUT2D eigenvalue weighted by atomic mass is 9.92. The first-order valence-electron chi connectivity index (χ1n) is 24.3. The van der Waals surface area contributed by atoms with Crippen LogP contribution in [0, 0.1) is 12.7 Å². The summed E-state index contributed by atoms with van der Waals surface area (Å²) in [4.78, 5) is 47.8. The number of nitrogens with one attached hydrogen (secondary N) is 2. The second-order valence-corrected chi connectivity index (χ2v) is 18.4. The number of dihydropyridines is 1. The SMILES string of the molecule is C=C/C=C(NC)\C(F)=C/N(C)/C(=C/C=NC)C(=C)/C=C(\C)C(C)N1CC=C(c2c(C)cc(C(=O)N(C)C3=CC=C(N4CCN(Cc5ccc(N(OC)C(C=O)CC)c(N(C)C)c5)CC4)NC3)cc2F)CC1. The molecule has 0 saturated carbocycles. The number of allylic oxidation sites excluding steroid dienone is 7. The number of benzene rings is 2. The van der Waals surface area contributed by atoms with Crippen molar-refractivity contribution in [2.24, 2.45) is 4.99 Å². The predicted molar refractivity (Wildman–Crippen MR) is 288 cm³/mol. The number of anilines is 2. The Morgan fingerprint density at radius 3 is 2.35 bits per heavy atom. The van der Waals surface area contributed by atoms with Crippen molar-refractivity contribution in [3.8, 4) is 0 Å². The number of aldehydes is 1. The quantitative estimate of drug-likeness (QED) is 0.0516. The minimum atomic E-state index is -0.453. The smallest absolute Gasteiger partial charge is 0.257 e. The third-order valence-corrected chi connectivity index (χ3v) is 13.5. The summed E-state index contributed by atoms with van der Waals surface area (Å²) in [6, 6.07) is 9.16. The number of amides is 1. The molecule has 2 unspecified atom stereocenters. The van der Waals surface area contributed by atoms with Gasteiger partial charge in [-0.3, -0.25) is 24.4 Å². The van der Waals surface area contributed by atoms with Crippen molar-refractivity contribution in [2.45, 2.75) is 59.2 Å². The van der Waals surface area contributed by atoms with E-state index in [1.165, 1.54) is 23.9 Å². The number of aryl methyl sites for hydroxylation is 1. The van der Waals surface area contributed by atoms with Gasteiger partial charge >= 0.3 is 0 Å². The Balaban J connectivity index is 1.18. The predicted octanol–water partition coefficient (Wildman–Crippen LogP) is 8.36. The number of carbonyl (C=O) groups excluding carboxylic acids is 2. The molecule has 5 rings (SSSR count). The van der Waals surface area contributed by atoms with Crippen LogP contribution in [0.5, 0.6) is 0 Å². The number of likely N-dealkylation sites (N-methyl/N-ethyl adjacent to an activating group) is 3. The summed E-state index contributed by atoms with van der Waals surface area (Å²) in [5.41, 5.74) is 9.08. The average molecular weight is 975 g/mol. The Kier molecular flexibility index (Phi) is 20.3. The molecule has 15 heteroatoms. The zero-order valence-corrected chi connectivity index (χ0v) is 43.9. The van der Waals surface area contributed by atoms with Gasteiger partial charge in [0, 0.05) is 129 Å². The van der Waals surface area contributed by atoms with Gasteiger partial charge in [-0.2, -0.15) is 0 Å². The van der Waals surface area contributed by atoms with Crippen molar-refractivity contribution in [3.05, 3.63) is 160 Å². The maximum atomic E-state index is 16.1. The largest absolute Gasteiger partial charge is 0.386 e. The van der Waals surface area contributed by atoms with Gasteiger partial charge in [0.2, 0.25) is 0 Å². The third kappa shape index (κ3) is 13.9. The Labute approximate surface area is 421 Å². The van der Waals surface area contributed by atoms with Crippen molar-refractivity contribution < 1.29 is 23.2 Å². The van der Waals surface area contributed by atoms with Crippen molar-refractivity contribution >= 4 is 35.4 Å². The molecule has 1 amide bonds. The molecule has 2 aromatic carbocycles. The monoisotopic (exact) mass is 975 g/mol. The number of piperazine rings is 1. The molecule has 3 aliphatic heterocycles. The third-order valence-electron chi connectivity index (χ3n) is 13.5. The molecular formula is C56H76F2N10O3. The zero-order valence-electron chi connectivity index (χ0n) is 43.9. The van der Waals surface area contributed by atoms with Crippen LogP contribution in [0.2, 0.25) is 0 Å². The molecular weight excluding hydrogens is 899 g/mol. The lowest BCUT2D eigenvalue weighted by Crippen LogP contribution is -2.48. The van der Waals surface area contributed by atoms with Crippen LogP contribution in [0.3, 0.4) is 0 Å². The topological polar surface area (TPSA) is 102 Å². The highest BCUT2D eigenvalue weighted by atomic mass is 19.1. The number of hydrogen-bond donors (Lipinski definition) is 2. The van der Waals surface area contributed by atoms with E-state index >= 15 is 8.78 Å². The first-order chi connectivity index (χ1) is 34.0. The summed E-state index contributed by atoms with van der Waals surface area (Å²) < 4.78 is 31.2. The fourth-order valence-electron chi connectivity index (χ4n) is 9.19. The van der Waals surface area contributed by atoms with Gasteiger partial charge < -0.3 is 35.0 Å². The van der Waals surface area contributed by atoms with E-state index in [4.69, 9.17) is 4.84 Å². The van der Waals surface area contributed by atoms with Gasteiger partial charge in [0.25, 0.3) is 5.91 Å². The van der Waals surface area contributed by atoms with Gasteiger partial charge in [-0.15, -0.1) is 0 Å². The van der Waals surface area contributed by atoms with Crippen LogP contribution >= 0.6 is 0 Å². The Hall–Kier alpha value is -6.55. The molecule has 2 N–H and O–H groups in total. The minimum absolute atomic E-state index is 0.0490. The molecule has 0 radical (unpaired) electrons. The van der Waals surface area contributed by atoms with Gasteiger partial charge in [-0.05, 0) is 104 Å². The maximum Gasteiger partial charge on any atom is 0.257 e. The standard InChI is InChI=1S/C56H76F2N10O3/c1-14-16-50(60-8)49(58)37-63(11)51(21-24-59-7)40(4)31-39(3)42(6)66-25-22-44(23-26-66)55-41(5)32-45(34-48(55)57)56(70)64(12)47-18-20-54(61-35-47)67-29-27-65(28-30-67)36-43-17-19-52(53(33-43)62(9)10)68(71-13)46(15-2)38-69/h14,16-22,24,31-34,37-38,42,46,60-61H,1,4,15,23,25-30,35-36H2,2-3,5-13H3/b39-31+,49-37+,50-16+,51-21+,59-24?. The van der Waals surface area contributed by atoms with Crippen LogP contribution in [0.4, 0.5) is 20.2 Å². The van der Waals surface area contributed by atoms with Crippen LogP contribution in [-0.4, -0.2) is 150 Å². The normalized spacial score (nSPS) is 17.4. The van der Waals surface area contributed by atoms with Gasteiger partial charge in [0.1, 0.15) is 24.0 Å². The van der Waals surface area contributed by atoms with Crippen molar-refractivity contribution in [1.82, 2.24) is 35.1 Å². The van der Waals surface area contributed by atoms with Crippen LogP contribution < -0.4 is 20.6 Å². The van der Waals surface area contributed by atoms with E-state index in [-0.39, 0.29) is 18.0 Å². The molecule has 2 atom stereocenters. The number of carbonyl (C=O) groups is 2. The average Bonchev–Trinajstić information content (AvgIpc) is 3.36. The van der Waals surface area contributed by atoms with Crippen molar-refractivity contribution in [1.29, 1.82) is 0 Å². The molecule has 1 fully saturated rings. The number of hydroxylamine groups is 1. The maximum absolute atomic E-state index is 16.1. The second kappa shape index (κ2) is 26.1. The van der Waals surface area contributed by atoms with Gasteiger partial charge in [-0.1, -0.05) is 49.9 Å². The van der Waals surface area contributed by atoms with Crippen molar-refractivity contribution in [2.75, 3.05) is 105 Å². The summed E-state index contributed by atoms with van der Waals surface area (Å²) in [7, 11) is 12.4. The summed E-state index contributed by atoms with van der Waals surface area (Å²) in [6.07, 6.45) is 18.2. The van der Waals surface area contributed by atoms with Crippen LogP contribution in [0.15, 0.2) is 137 Å². The molecule has 13 nitrogen and oxygen atoms in total. The first-order valence-corrected chi connectivity index (χ1v) is 24.3. The highest BCUT2D eigenvalue weighted by Gasteiger charge is 2.27. The van der Waals surface area contributed by atoms with Gasteiger partial charge in [0.15, 0.2) is 5.83 Å². The Morgan fingerprint density at radius 1 is 1.06 bits per heavy atom. The number of aliphatic imine (C=N–C) groups is 1.